The van der Waals surface area contributed by atoms with Gasteiger partial charge in [-0.1, -0.05) is 11.6 Å². The molecule has 1 aromatic rings. The van der Waals surface area contributed by atoms with E-state index in [2.05, 4.69) is 4.72 Å². The molecule has 1 heterocycles. The van der Waals surface area contributed by atoms with Crippen molar-refractivity contribution in [3.8, 4) is 0 Å². The number of morpholine rings is 1. The lowest BCUT2D eigenvalue weighted by molar-refractivity contribution is -0.137. The highest BCUT2D eigenvalue weighted by molar-refractivity contribution is 7.89. The first-order valence-electron chi connectivity index (χ1n) is 7.44. The van der Waals surface area contributed by atoms with Crippen LogP contribution in [-0.2, 0) is 20.9 Å². The van der Waals surface area contributed by atoms with Crippen LogP contribution in [0.1, 0.15) is 5.56 Å². The molecule has 0 unspecified atom stereocenters. The summed E-state index contributed by atoms with van der Waals surface area (Å²) in [6.07, 6.45) is -5.76. The van der Waals surface area contributed by atoms with Crippen LogP contribution in [0.5, 0.6) is 0 Å². The zero-order chi connectivity index (χ0) is 18.7. The van der Waals surface area contributed by atoms with E-state index in [4.69, 9.17) is 16.3 Å². The summed E-state index contributed by atoms with van der Waals surface area (Å²) in [6.45, 7) is 2.22. The van der Waals surface area contributed by atoms with Crippen LogP contribution in [-0.4, -0.2) is 63.9 Å². The van der Waals surface area contributed by atoms with Gasteiger partial charge in [-0.15, -0.1) is 0 Å². The Hall–Kier alpha value is -0.910. The van der Waals surface area contributed by atoms with Crippen molar-refractivity contribution < 1.29 is 31.4 Å². The van der Waals surface area contributed by atoms with Gasteiger partial charge in [0.2, 0.25) is 10.0 Å². The van der Waals surface area contributed by atoms with Gasteiger partial charge >= 0.3 is 6.18 Å². The molecule has 2 rings (SSSR count). The van der Waals surface area contributed by atoms with Crippen LogP contribution in [0.15, 0.2) is 23.1 Å². The monoisotopic (exact) mass is 402 g/mol. The van der Waals surface area contributed by atoms with Gasteiger partial charge < -0.3 is 9.84 Å². The molecule has 11 heteroatoms. The minimum Gasteiger partial charge on any atom is -0.390 e. The Labute approximate surface area is 148 Å². The number of alkyl halides is 3. The lowest BCUT2D eigenvalue weighted by Gasteiger charge is -2.28. The molecular weight excluding hydrogens is 385 g/mol. The fraction of sp³-hybridized carbons (Fsp3) is 0.571. The molecule has 1 saturated heterocycles. The second kappa shape index (κ2) is 8.19. The van der Waals surface area contributed by atoms with E-state index in [0.717, 1.165) is 12.1 Å². The molecule has 2 N–H and O–H groups in total. The van der Waals surface area contributed by atoms with E-state index >= 15 is 0 Å². The molecule has 25 heavy (non-hydrogen) atoms. The number of benzene rings is 1. The highest BCUT2D eigenvalue weighted by Gasteiger charge is 2.34. The van der Waals surface area contributed by atoms with Gasteiger partial charge in [-0.25, -0.2) is 13.1 Å². The van der Waals surface area contributed by atoms with Gasteiger partial charge in [-0.2, -0.15) is 13.2 Å². The second-order valence-electron chi connectivity index (χ2n) is 5.56. The van der Waals surface area contributed by atoms with Crippen LogP contribution in [0.25, 0.3) is 0 Å². The average Bonchev–Trinajstić information content (AvgIpc) is 2.53. The molecule has 0 radical (unpaired) electrons. The number of aliphatic hydroxyl groups excluding tert-OH is 1. The highest BCUT2D eigenvalue weighted by atomic mass is 35.5. The van der Waals surface area contributed by atoms with Gasteiger partial charge in [0.15, 0.2) is 0 Å². The largest absolute Gasteiger partial charge is 0.417 e. The predicted molar refractivity (Wildman–Crippen MR) is 84.9 cm³/mol. The Morgan fingerprint density at radius 2 is 1.96 bits per heavy atom. The number of hydrogen-bond donors (Lipinski definition) is 2. The quantitative estimate of drug-likeness (QED) is 0.750. The summed E-state index contributed by atoms with van der Waals surface area (Å²) >= 11 is 5.48. The summed E-state index contributed by atoms with van der Waals surface area (Å²) in [6, 6.07) is 2.33. The molecule has 1 fully saturated rings. The number of rotatable bonds is 6. The van der Waals surface area contributed by atoms with Crippen molar-refractivity contribution in [2.75, 3.05) is 39.4 Å². The summed E-state index contributed by atoms with van der Waals surface area (Å²) in [5, 5.41) is 9.34. The fourth-order valence-electron chi connectivity index (χ4n) is 2.32. The van der Waals surface area contributed by atoms with Crippen molar-refractivity contribution in [1.82, 2.24) is 9.62 Å². The van der Waals surface area contributed by atoms with Crippen molar-refractivity contribution >= 4 is 21.6 Å². The molecule has 0 saturated carbocycles. The van der Waals surface area contributed by atoms with Gasteiger partial charge in [-0.05, 0) is 18.2 Å². The predicted octanol–water partition coefficient (Wildman–Crippen LogP) is 1.33. The van der Waals surface area contributed by atoms with Crippen LogP contribution in [0.2, 0.25) is 5.02 Å². The molecule has 1 atom stereocenters. The third-order valence-electron chi connectivity index (χ3n) is 3.64. The van der Waals surface area contributed by atoms with E-state index in [1.165, 1.54) is 0 Å². The van der Waals surface area contributed by atoms with Crippen molar-refractivity contribution in [3.63, 3.8) is 0 Å². The van der Waals surface area contributed by atoms with Crippen molar-refractivity contribution in [1.29, 1.82) is 0 Å². The minimum absolute atomic E-state index is 0.236. The maximum atomic E-state index is 12.8. The Morgan fingerprint density at radius 3 is 2.56 bits per heavy atom. The van der Waals surface area contributed by atoms with Crippen LogP contribution in [0.3, 0.4) is 0 Å². The Balaban J connectivity index is 2.01. The first-order valence-corrected chi connectivity index (χ1v) is 9.30. The summed E-state index contributed by atoms with van der Waals surface area (Å²) < 4.78 is 70.1. The fourth-order valence-corrected chi connectivity index (χ4v) is 3.65. The maximum absolute atomic E-state index is 12.8. The third kappa shape index (κ3) is 5.80. The topological polar surface area (TPSA) is 78.9 Å². The number of nitrogens with zero attached hydrogens (tertiary/aromatic N) is 1. The van der Waals surface area contributed by atoms with Gasteiger partial charge in [-0.3, -0.25) is 4.90 Å². The maximum Gasteiger partial charge on any atom is 0.417 e. The van der Waals surface area contributed by atoms with E-state index in [1.54, 1.807) is 0 Å². The number of β-amino-alcohol motifs (C(OH)–C–C–N with tert-alkyl or cyclic N) is 1. The molecule has 1 aliphatic heterocycles. The number of halogens is 4. The van der Waals surface area contributed by atoms with E-state index in [0.29, 0.717) is 32.4 Å². The SMILES string of the molecule is O=S(=O)(NC[C@H](O)CN1CCOCC1)c1ccc(Cl)c(C(F)(F)F)c1. The van der Waals surface area contributed by atoms with Crippen molar-refractivity contribution in [3.05, 3.63) is 28.8 Å². The van der Waals surface area contributed by atoms with Gasteiger partial charge in [0.25, 0.3) is 0 Å². The summed E-state index contributed by atoms with van der Waals surface area (Å²) in [4.78, 5) is 1.34. The van der Waals surface area contributed by atoms with E-state index < -0.39 is 37.8 Å². The summed E-state index contributed by atoms with van der Waals surface area (Å²) in [5.41, 5.74) is -1.23. The Morgan fingerprint density at radius 1 is 1.32 bits per heavy atom. The number of aliphatic hydroxyl groups is 1. The van der Waals surface area contributed by atoms with Crippen LogP contribution in [0.4, 0.5) is 13.2 Å². The lowest BCUT2D eigenvalue weighted by Crippen LogP contribution is -2.44. The molecule has 0 spiro atoms. The molecule has 6 nitrogen and oxygen atoms in total. The molecule has 142 valence electrons. The molecule has 0 aliphatic carbocycles. The Bertz CT molecular complexity index is 694. The molecule has 1 aliphatic rings. The molecule has 0 amide bonds. The number of hydrogen-bond acceptors (Lipinski definition) is 5. The smallest absolute Gasteiger partial charge is 0.390 e. The first kappa shape index (κ1) is 20.4. The highest BCUT2D eigenvalue weighted by Crippen LogP contribution is 2.35. The second-order valence-corrected chi connectivity index (χ2v) is 7.73. The molecular formula is C14H18ClF3N2O4S. The van der Waals surface area contributed by atoms with E-state index in [-0.39, 0.29) is 13.1 Å². The van der Waals surface area contributed by atoms with Gasteiger partial charge in [0, 0.05) is 26.2 Å². The number of sulfonamides is 1. The molecule has 1 aromatic carbocycles. The average molecular weight is 403 g/mol. The van der Waals surface area contributed by atoms with Crippen LogP contribution >= 0.6 is 11.6 Å². The first-order chi connectivity index (χ1) is 11.6. The van der Waals surface area contributed by atoms with Gasteiger partial charge in [0.05, 0.1) is 34.8 Å². The lowest BCUT2D eigenvalue weighted by atomic mass is 10.2. The Kier molecular flexibility index (Phi) is 6.68. The zero-order valence-corrected chi connectivity index (χ0v) is 14.7. The minimum atomic E-state index is -4.77. The van der Waals surface area contributed by atoms with Crippen molar-refractivity contribution in [2.45, 2.75) is 17.2 Å². The summed E-state index contributed by atoms with van der Waals surface area (Å²) in [5.74, 6) is 0. The number of nitrogens with one attached hydrogen (secondary N) is 1. The molecule has 0 aromatic heterocycles. The molecule has 0 bridgehead atoms. The van der Waals surface area contributed by atoms with Crippen LogP contribution in [0, 0.1) is 0 Å². The number of ether oxygens (including phenoxy) is 1. The van der Waals surface area contributed by atoms with E-state index in [1.807, 2.05) is 4.90 Å². The van der Waals surface area contributed by atoms with Crippen LogP contribution < -0.4 is 4.72 Å². The summed E-state index contributed by atoms with van der Waals surface area (Å²) in [7, 11) is -4.21. The zero-order valence-electron chi connectivity index (χ0n) is 13.1. The normalized spacial score (nSPS) is 18.3. The van der Waals surface area contributed by atoms with Crippen molar-refractivity contribution in [2.24, 2.45) is 0 Å². The third-order valence-corrected chi connectivity index (χ3v) is 5.39. The standard InChI is InChI=1S/C14H18ClF3N2O4S/c15-13-2-1-11(7-12(13)14(16,17)18)25(22,23)19-8-10(21)9-20-3-5-24-6-4-20/h1-2,7,10,19,21H,3-6,8-9H2/t10-/m0/s1. The van der Waals surface area contributed by atoms with E-state index in [9.17, 15) is 26.7 Å². The van der Waals surface area contributed by atoms with Gasteiger partial charge in [0.1, 0.15) is 0 Å².